The molecule has 2 fully saturated rings. The van der Waals surface area contributed by atoms with Crippen LogP contribution in [0.15, 0.2) is 36.4 Å². The number of carbonyl (C=O) groups is 3. The Bertz CT molecular complexity index is 1110. The number of carboxylic acid groups (broad SMARTS) is 1. The van der Waals surface area contributed by atoms with Crippen LogP contribution in [0.2, 0.25) is 15.1 Å². The van der Waals surface area contributed by atoms with Crippen molar-refractivity contribution in [2.45, 2.75) is 25.4 Å². The Balaban J connectivity index is 1.90. The molecule has 2 N–H and O–H groups in total. The lowest BCUT2D eigenvalue weighted by molar-refractivity contribution is -0.147. The fraction of sp³-hybridized carbons (Fsp3) is 0.286. The summed E-state index contributed by atoms with van der Waals surface area (Å²) in [6, 6.07) is 9.09. The van der Waals surface area contributed by atoms with Crippen LogP contribution >= 0.6 is 34.8 Å². The van der Waals surface area contributed by atoms with Gasteiger partial charge in [0, 0.05) is 11.1 Å². The number of nitrogens with zero attached hydrogens (tertiary/aromatic N) is 1. The second-order valence-corrected chi connectivity index (χ2v) is 8.94. The zero-order valence-electron chi connectivity index (χ0n) is 15.9. The van der Waals surface area contributed by atoms with Gasteiger partial charge in [-0.2, -0.15) is 0 Å². The number of fused-ring (bicyclic) bond motifs is 1. The molecule has 2 aromatic carbocycles. The molecular weight excluding hydrogens is 451 g/mol. The molecular formula is C21H17Cl3N2O4. The maximum atomic E-state index is 13.5. The van der Waals surface area contributed by atoms with E-state index >= 15 is 0 Å². The fourth-order valence-corrected chi connectivity index (χ4v) is 5.19. The highest BCUT2D eigenvalue weighted by atomic mass is 35.5. The fourth-order valence-electron chi connectivity index (χ4n) is 4.46. The van der Waals surface area contributed by atoms with E-state index in [1.165, 1.54) is 19.1 Å². The van der Waals surface area contributed by atoms with Crippen molar-refractivity contribution in [1.29, 1.82) is 0 Å². The summed E-state index contributed by atoms with van der Waals surface area (Å²) in [4.78, 5) is 40.1. The molecule has 6 nitrogen and oxygen atoms in total. The van der Waals surface area contributed by atoms with E-state index in [4.69, 9.17) is 34.8 Å². The number of carboxylic acids is 1. The van der Waals surface area contributed by atoms with Gasteiger partial charge >= 0.3 is 5.97 Å². The largest absolute Gasteiger partial charge is 0.480 e. The second kappa shape index (κ2) is 7.24. The molecule has 0 radical (unpaired) electrons. The first-order chi connectivity index (χ1) is 14.1. The molecule has 0 spiro atoms. The summed E-state index contributed by atoms with van der Waals surface area (Å²) in [7, 11) is 0. The number of amides is 2. The number of carbonyl (C=O) groups excluding carboxylic acids is 2. The molecule has 2 amide bonds. The smallest absolute Gasteiger partial charge is 0.324 e. The normalized spacial score (nSPS) is 28.2. The SMILES string of the molecule is Cc1ccccc1N1C(=O)C2C(c3cc(Cl)cc(Cl)c3Cl)NC(C)(C(=O)O)C2C1=O. The summed E-state index contributed by atoms with van der Waals surface area (Å²) >= 11 is 18.7. The van der Waals surface area contributed by atoms with Gasteiger partial charge in [0.25, 0.3) is 0 Å². The van der Waals surface area contributed by atoms with Gasteiger partial charge in [-0.25, -0.2) is 4.90 Å². The Morgan fingerprint density at radius 2 is 1.80 bits per heavy atom. The summed E-state index contributed by atoms with van der Waals surface area (Å²) in [5, 5.41) is 13.5. The van der Waals surface area contributed by atoms with Crippen LogP contribution in [0.4, 0.5) is 5.69 Å². The van der Waals surface area contributed by atoms with Crippen LogP contribution in [0.1, 0.15) is 24.1 Å². The van der Waals surface area contributed by atoms with Gasteiger partial charge in [-0.3, -0.25) is 19.7 Å². The van der Waals surface area contributed by atoms with Crippen molar-refractivity contribution in [2.24, 2.45) is 11.8 Å². The van der Waals surface area contributed by atoms with Crippen molar-refractivity contribution in [2.75, 3.05) is 4.90 Å². The number of benzene rings is 2. The van der Waals surface area contributed by atoms with Crippen LogP contribution in [0.3, 0.4) is 0 Å². The van der Waals surface area contributed by atoms with E-state index in [1.807, 2.05) is 0 Å². The molecule has 0 saturated carbocycles. The summed E-state index contributed by atoms with van der Waals surface area (Å²) in [6.07, 6.45) is 0. The molecule has 2 heterocycles. The average Bonchev–Trinajstić information content (AvgIpc) is 3.13. The molecule has 2 aromatic rings. The minimum Gasteiger partial charge on any atom is -0.480 e. The van der Waals surface area contributed by atoms with Crippen LogP contribution in [0, 0.1) is 18.8 Å². The van der Waals surface area contributed by atoms with Crippen molar-refractivity contribution in [3.63, 3.8) is 0 Å². The zero-order valence-corrected chi connectivity index (χ0v) is 18.2. The average molecular weight is 468 g/mol. The number of para-hydroxylation sites is 1. The first-order valence-electron chi connectivity index (χ1n) is 9.17. The third kappa shape index (κ3) is 2.94. The summed E-state index contributed by atoms with van der Waals surface area (Å²) in [6.45, 7) is 3.18. The Labute approximate surface area is 187 Å². The summed E-state index contributed by atoms with van der Waals surface area (Å²) in [5.41, 5.74) is -0.146. The lowest BCUT2D eigenvalue weighted by Crippen LogP contribution is -2.53. The second-order valence-electron chi connectivity index (χ2n) is 7.72. The van der Waals surface area contributed by atoms with Gasteiger partial charge in [0.05, 0.1) is 27.6 Å². The van der Waals surface area contributed by atoms with E-state index in [1.54, 1.807) is 31.2 Å². The summed E-state index contributed by atoms with van der Waals surface area (Å²) in [5.74, 6) is -4.40. The van der Waals surface area contributed by atoms with E-state index in [0.29, 0.717) is 11.3 Å². The van der Waals surface area contributed by atoms with Crippen molar-refractivity contribution in [3.8, 4) is 0 Å². The third-order valence-corrected chi connectivity index (χ3v) is 6.98. The Hall–Kier alpha value is -2.12. The highest BCUT2D eigenvalue weighted by Gasteiger charge is 2.67. The van der Waals surface area contributed by atoms with E-state index in [9.17, 15) is 19.5 Å². The van der Waals surface area contributed by atoms with Gasteiger partial charge in [0.2, 0.25) is 11.8 Å². The first kappa shape index (κ1) is 21.1. The van der Waals surface area contributed by atoms with Crippen molar-refractivity contribution in [3.05, 3.63) is 62.6 Å². The number of hydrogen-bond donors (Lipinski definition) is 2. The summed E-state index contributed by atoms with van der Waals surface area (Å²) < 4.78 is 0. The Morgan fingerprint density at radius 3 is 2.43 bits per heavy atom. The van der Waals surface area contributed by atoms with Crippen LogP contribution in [-0.4, -0.2) is 28.4 Å². The highest BCUT2D eigenvalue weighted by Crippen LogP contribution is 2.51. The van der Waals surface area contributed by atoms with Crippen LogP contribution in [-0.2, 0) is 14.4 Å². The maximum Gasteiger partial charge on any atom is 0.324 e. The van der Waals surface area contributed by atoms with Gasteiger partial charge in [0.15, 0.2) is 0 Å². The van der Waals surface area contributed by atoms with Gasteiger partial charge < -0.3 is 5.11 Å². The molecule has 4 unspecified atom stereocenters. The molecule has 156 valence electrons. The van der Waals surface area contributed by atoms with Crippen molar-refractivity contribution < 1.29 is 19.5 Å². The molecule has 30 heavy (non-hydrogen) atoms. The van der Waals surface area contributed by atoms with Gasteiger partial charge in [-0.1, -0.05) is 53.0 Å². The Kier molecular flexibility index (Phi) is 5.10. The van der Waals surface area contributed by atoms with E-state index in [0.717, 1.165) is 10.5 Å². The maximum absolute atomic E-state index is 13.5. The lowest BCUT2D eigenvalue weighted by atomic mass is 9.80. The predicted octanol–water partition coefficient (Wildman–Crippen LogP) is 4.25. The van der Waals surface area contributed by atoms with Crippen molar-refractivity contribution >= 4 is 58.3 Å². The molecule has 2 saturated heterocycles. The molecule has 2 aliphatic heterocycles. The topological polar surface area (TPSA) is 86.7 Å². The number of anilines is 1. The Morgan fingerprint density at radius 1 is 1.13 bits per heavy atom. The number of nitrogens with one attached hydrogen (secondary N) is 1. The molecule has 2 aliphatic rings. The minimum atomic E-state index is -1.68. The number of imide groups is 1. The highest BCUT2D eigenvalue weighted by molar-refractivity contribution is 6.43. The van der Waals surface area contributed by atoms with E-state index in [2.05, 4.69) is 5.32 Å². The molecule has 9 heteroatoms. The van der Waals surface area contributed by atoms with Crippen molar-refractivity contribution in [1.82, 2.24) is 5.32 Å². The number of aliphatic carboxylic acids is 1. The molecule has 4 atom stereocenters. The minimum absolute atomic E-state index is 0.154. The van der Waals surface area contributed by atoms with E-state index in [-0.39, 0.29) is 15.1 Å². The monoisotopic (exact) mass is 466 g/mol. The standard InChI is InChI=1S/C21H17Cl3N2O4/c1-9-5-3-4-6-13(9)26-18(27)14-15(19(26)28)21(2,20(29)30)25-17(14)11-7-10(22)8-12(23)16(11)24/h3-8,14-15,17,25H,1-2H3,(H,29,30). The van der Waals surface area contributed by atoms with Crippen LogP contribution < -0.4 is 10.2 Å². The van der Waals surface area contributed by atoms with Crippen LogP contribution in [0.25, 0.3) is 0 Å². The molecule has 0 aliphatic carbocycles. The van der Waals surface area contributed by atoms with Crippen LogP contribution in [0.5, 0.6) is 0 Å². The number of hydrogen-bond acceptors (Lipinski definition) is 4. The molecule has 4 rings (SSSR count). The zero-order chi connectivity index (χ0) is 22.0. The van der Waals surface area contributed by atoms with E-state index < -0.39 is 41.2 Å². The molecule has 0 bridgehead atoms. The predicted molar refractivity (Wildman–Crippen MR) is 114 cm³/mol. The third-order valence-electron chi connectivity index (χ3n) is 5.94. The van der Waals surface area contributed by atoms with Gasteiger partial charge in [-0.05, 0) is 43.2 Å². The number of rotatable bonds is 3. The molecule has 0 aromatic heterocycles. The first-order valence-corrected chi connectivity index (χ1v) is 10.3. The number of aryl methyl sites for hydroxylation is 1. The lowest BCUT2D eigenvalue weighted by Gasteiger charge is -2.28. The number of halogens is 3. The van der Waals surface area contributed by atoms with Gasteiger partial charge in [-0.15, -0.1) is 0 Å². The quantitative estimate of drug-likeness (QED) is 0.521. The van der Waals surface area contributed by atoms with Gasteiger partial charge in [0.1, 0.15) is 5.54 Å².